The minimum atomic E-state index is -0.320. The predicted molar refractivity (Wildman–Crippen MR) is 75.2 cm³/mol. The fraction of sp³-hybridized carbons (Fsp3) is 0.0667. The monoisotopic (exact) mass is 269 g/mol. The summed E-state index contributed by atoms with van der Waals surface area (Å²) in [5.74, 6) is -0.560. The highest BCUT2D eigenvalue weighted by Crippen LogP contribution is 2.18. The zero-order chi connectivity index (χ0) is 14.1. The van der Waals surface area contributed by atoms with Crippen molar-refractivity contribution in [3.05, 3.63) is 59.5 Å². The average molecular weight is 269 g/mol. The molecule has 4 nitrogen and oxygen atoms in total. The Kier molecular flexibility index (Phi) is 2.95. The maximum absolute atomic E-state index is 13.0. The molecule has 0 radical (unpaired) electrons. The molecule has 2 aromatic carbocycles. The lowest BCUT2D eigenvalue weighted by Crippen LogP contribution is -2.12. The Hall–Kier alpha value is -2.69. The summed E-state index contributed by atoms with van der Waals surface area (Å²) in [7, 11) is 0. The molecule has 5 heteroatoms. The average Bonchev–Trinajstić information content (AvgIpc) is 2.89. The van der Waals surface area contributed by atoms with Gasteiger partial charge in [0.15, 0.2) is 0 Å². The summed E-state index contributed by atoms with van der Waals surface area (Å²) in [4.78, 5) is 12.2. The minimum Gasteiger partial charge on any atom is -0.322 e. The number of halogens is 1. The maximum atomic E-state index is 13.0. The van der Waals surface area contributed by atoms with Crippen molar-refractivity contribution < 1.29 is 9.18 Å². The van der Waals surface area contributed by atoms with Crippen molar-refractivity contribution in [3.8, 4) is 0 Å². The van der Waals surface area contributed by atoms with Gasteiger partial charge in [0.25, 0.3) is 5.91 Å². The number of aromatic amines is 1. The molecule has 0 spiro atoms. The van der Waals surface area contributed by atoms with Crippen LogP contribution in [0.4, 0.5) is 10.1 Å². The van der Waals surface area contributed by atoms with Crippen molar-refractivity contribution in [1.29, 1.82) is 0 Å². The summed E-state index contributed by atoms with van der Waals surface area (Å²) in [6, 6.07) is 9.54. The number of fused-ring (bicyclic) bond motifs is 1. The number of H-pyrrole nitrogens is 1. The van der Waals surface area contributed by atoms with Gasteiger partial charge in [-0.25, -0.2) is 4.39 Å². The minimum absolute atomic E-state index is 0.240. The van der Waals surface area contributed by atoms with Gasteiger partial charge in [-0.2, -0.15) is 5.10 Å². The van der Waals surface area contributed by atoms with Crippen LogP contribution in [-0.4, -0.2) is 16.1 Å². The molecule has 3 aromatic rings. The standard InChI is InChI=1S/C15H12FN3O/c1-9-6-12(16)4-5-13(9)18-15(20)10-2-3-11-8-17-19-14(11)7-10/h2-8H,1H3,(H,17,19)(H,18,20). The molecule has 0 bridgehead atoms. The van der Waals surface area contributed by atoms with Gasteiger partial charge in [0.1, 0.15) is 5.82 Å². The SMILES string of the molecule is Cc1cc(F)ccc1NC(=O)c1ccc2cn[nH]c2c1. The van der Waals surface area contributed by atoms with Crippen LogP contribution in [0.1, 0.15) is 15.9 Å². The summed E-state index contributed by atoms with van der Waals surface area (Å²) in [5, 5.41) is 10.4. The number of hydrogen-bond donors (Lipinski definition) is 2. The Labute approximate surface area is 114 Å². The molecule has 0 aliphatic rings. The fourth-order valence-electron chi connectivity index (χ4n) is 2.04. The molecular weight excluding hydrogens is 257 g/mol. The number of nitrogens with zero attached hydrogens (tertiary/aromatic N) is 1. The predicted octanol–water partition coefficient (Wildman–Crippen LogP) is 3.26. The van der Waals surface area contributed by atoms with Crippen LogP contribution in [0.25, 0.3) is 10.9 Å². The number of aromatic nitrogens is 2. The number of carbonyl (C=O) groups is 1. The summed E-state index contributed by atoms with van der Waals surface area (Å²) in [6.45, 7) is 1.75. The van der Waals surface area contributed by atoms with Gasteiger partial charge in [-0.3, -0.25) is 9.89 Å². The number of benzene rings is 2. The van der Waals surface area contributed by atoms with Crippen LogP contribution >= 0.6 is 0 Å². The molecule has 2 N–H and O–H groups in total. The Bertz CT molecular complexity index is 795. The van der Waals surface area contributed by atoms with Crippen molar-refractivity contribution >= 4 is 22.5 Å². The van der Waals surface area contributed by atoms with Crippen LogP contribution in [0.5, 0.6) is 0 Å². The van der Waals surface area contributed by atoms with Crippen molar-refractivity contribution in [3.63, 3.8) is 0 Å². The molecule has 100 valence electrons. The number of nitrogens with one attached hydrogen (secondary N) is 2. The maximum Gasteiger partial charge on any atom is 0.255 e. The van der Waals surface area contributed by atoms with Crippen LogP contribution in [-0.2, 0) is 0 Å². The van der Waals surface area contributed by atoms with E-state index in [1.807, 2.05) is 6.07 Å². The smallest absolute Gasteiger partial charge is 0.255 e. The van der Waals surface area contributed by atoms with Gasteiger partial charge in [-0.1, -0.05) is 6.07 Å². The van der Waals surface area contributed by atoms with E-state index in [9.17, 15) is 9.18 Å². The van der Waals surface area contributed by atoms with Gasteiger partial charge >= 0.3 is 0 Å². The van der Waals surface area contributed by atoms with Crippen LogP contribution in [0.2, 0.25) is 0 Å². The number of amides is 1. The number of hydrogen-bond acceptors (Lipinski definition) is 2. The Morgan fingerprint density at radius 3 is 2.90 bits per heavy atom. The first-order valence-corrected chi connectivity index (χ1v) is 6.14. The summed E-state index contributed by atoms with van der Waals surface area (Å²) >= 11 is 0. The van der Waals surface area contributed by atoms with E-state index in [4.69, 9.17) is 0 Å². The van der Waals surface area contributed by atoms with Gasteiger partial charge in [0.05, 0.1) is 11.7 Å². The highest BCUT2D eigenvalue weighted by Gasteiger charge is 2.09. The third-order valence-corrected chi connectivity index (χ3v) is 3.14. The molecule has 0 saturated heterocycles. The van der Waals surface area contributed by atoms with E-state index >= 15 is 0 Å². The highest BCUT2D eigenvalue weighted by molar-refractivity contribution is 6.06. The lowest BCUT2D eigenvalue weighted by molar-refractivity contribution is 0.102. The van der Waals surface area contributed by atoms with Crippen molar-refractivity contribution in [2.75, 3.05) is 5.32 Å². The summed E-state index contributed by atoms with van der Waals surface area (Å²) in [5.41, 5.74) is 2.60. The van der Waals surface area contributed by atoms with E-state index in [2.05, 4.69) is 15.5 Å². The Morgan fingerprint density at radius 2 is 2.10 bits per heavy atom. The summed E-state index contributed by atoms with van der Waals surface area (Å²) in [6.07, 6.45) is 1.70. The van der Waals surface area contributed by atoms with E-state index in [1.54, 1.807) is 31.3 Å². The molecule has 0 fully saturated rings. The molecule has 0 saturated carbocycles. The lowest BCUT2D eigenvalue weighted by Gasteiger charge is -2.08. The quantitative estimate of drug-likeness (QED) is 0.750. The van der Waals surface area contributed by atoms with Gasteiger partial charge in [0, 0.05) is 16.6 Å². The van der Waals surface area contributed by atoms with E-state index in [0.29, 0.717) is 16.8 Å². The molecular formula is C15H12FN3O. The van der Waals surface area contributed by atoms with Gasteiger partial charge in [-0.05, 0) is 42.8 Å². The van der Waals surface area contributed by atoms with E-state index in [-0.39, 0.29) is 11.7 Å². The molecule has 0 aliphatic heterocycles. The van der Waals surface area contributed by atoms with Gasteiger partial charge in [-0.15, -0.1) is 0 Å². The fourth-order valence-corrected chi connectivity index (χ4v) is 2.04. The Balaban J connectivity index is 1.88. The highest BCUT2D eigenvalue weighted by atomic mass is 19.1. The summed E-state index contributed by atoms with van der Waals surface area (Å²) < 4.78 is 13.0. The van der Waals surface area contributed by atoms with Crippen molar-refractivity contribution in [1.82, 2.24) is 10.2 Å². The molecule has 1 heterocycles. The van der Waals surface area contributed by atoms with Gasteiger partial charge < -0.3 is 5.32 Å². The lowest BCUT2D eigenvalue weighted by atomic mass is 10.1. The second kappa shape index (κ2) is 4.77. The molecule has 1 amide bonds. The second-order valence-corrected chi connectivity index (χ2v) is 4.59. The third-order valence-electron chi connectivity index (χ3n) is 3.14. The number of carbonyl (C=O) groups excluding carboxylic acids is 1. The third kappa shape index (κ3) is 2.25. The topological polar surface area (TPSA) is 57.8 Å². The van der Waals surface area contributed by atoms with E-state index < -0.39 is 0 Å². The van der Waals surface area contributed by atoms with Crippen LogP contribution < -0.4 is 5.32 Å². The van der Waals surface area contributed by atoms with Gasteiger partial charge in [0.2, 0.25) is 0 Å². The van der Waals surface area contributed by atoms with E-state index in [1.165, 1.54) is 12.1 Å². The first kappa shape index (κ1) is 12.3. The molecule has 3 rings (SSSR count). The largest absolute Gasteiger partial charge is 0.322 e. The normalized spacial score (nSPS) is 10.7. The molecule has 0 atom stereocenters. The molecule has 1 aromatic heterocycles. The molecule has 0 aliphatic carbocycles. The first-order chi connectivity index (χ1) is 9.63. The number of anilines is 1. The Morgan fingerprint density at radius 1 is 1.25 bits per heavy atom. The second-order valence-electron chi connectivity index (χ2n) is 4.59. The number of rotatable bonds is 2. The molecule has 20 heavy (non-hydrogen) atoms. The molecule has 0 unspecified atom stereocenters. The van der Waals surface area contributed by atoms with Crippen molar-refractivity contribution in [2.24, 2.45) is 0 Å². The van der Waals surface area contributed by atoms with Crippen molar-refractivity contribution in [2.45, 2.75) is 6.92 Å². The van der Waals surface area contributed by atoms with Crippen LogP contribution in [0.3, 0.4) is 0 Å². The zero-order valence-electron chi connectivity index (χ0n) is 10.8. The number of aryl methyl sites for hydroxylation is 1. The zero-order valence-corrected chi connectivity index (χ0v) is 10.8. The van der Waals surface area contributed by atoms with Crippen LogP contribution in [0.15, 0.2) is 42.6 Å². The van der Waals surface area contributed by atoms with Crippen LogP contribution in [0, 0.1) is 12.7 Å². The van der Waals surface area contributed by atoms with E-state index in [0.717, 1.165) is 10.9 Å². The first-order valence-electron chi connectivity index (χ1n) is 6.14.